The fourth-order valence-corrected chi connectivity index (χ4v) is 5.27. The van der Waals surface area contributed by atoms with Gasteiger partial charge in [0, 0.05) is 49.6 Å². The predicted molar refractivity (Wildman–Crippen MR) is 116 cm³/mol. The Hall–Kier alpha value is -1.01. The largest absolute Gasteiger partial charge is 0.366 e. The molecular formula is C16H27N7OS3. The van der Waals surface area contributed by atoms with Gasteiger partial charge in [-0.05, 0) is 27.1 Å². The van der Waals surface area contributed by atoms with Gasteiger partial charge in [0.25, 0.3) is 11.2 Å². The van der Waals surface area contributed by atoms with E-state index in [0.717, 1.165) is 73.7 Å². The highest BCUT2D eigenvalue weighted by Gasteiger charge is 2.24. The lowest BCUT2D eigenvalue weighted by Gasteiger charge is -2.22. The van der Waals surface area contributed by atoms with Gasteiger partial charge in [-0.3, -0.25) is 0 Å². The highest BCUT2D eigenvalue weighted by Crippen LogP contribution is 2.16. The van der Waals surface area contributed by atoms with Crippen LogP contribution in [0.3, 0.4) is 0 Å². The molecule has 1 aromatic heterocycles. The molecule has 3 rings (SSSR count). The van der Waals surface area contributed by atoms with Crippen molar-refractivity contribution >= 4 is 45.9 Å². The van der Waals surface area contributed by atoms with Crippen molar-refractivity contribution in [2.24, 2.45) is 8.80 Å². The molecule has 150 valence electrons. The Bertz CT molecular complexity index is 696. The zero-order valence-corrected chi connectivity index (χ0v) is 18.3. The van der Waals surface area contributed by atoms with E-state index in [0.29, 0.717) is 5.84 Å². The van der Waals surface area contributed by atoms with Crippen LogP contribution in [0.2, 0.25) is 0 Å². The summed E-state index contributed by atoms with van der Waals surface area (Å²) in [6, 6.07) is 0. The van der Waals surface area contributed by atoms with Crippen LogP contribution in [0.15, 0.2) is 14.2 Å². The third-order valence-corrected chi connectivity index (χ3v) is 6.57. The predicted octanol–water partition coefficient (Wildman–Crippen LogP) is 0.712. The van der Waals surface area contributed by atoms with E-state index in [9.17, 15) is 4.21 Å². The molecule has 3 heterocycles. The second kappa shape index (κ2) is 10.5. The Morgan fingerprint density at radius 2 is 2.26 bits per heavy atom. The lowest BCUT2D eigenvalue weighted by Crippen LogP contribution is -2.43. The molecule has 1 saturated heterocycles. The zero-order chi connectivity index (χ0) is 19.1. The molecule has 27 heavy (non-hydrogen) atoms. The molecule has 0 spiro atoms. The van der Waals surface area contributed by atoms with Crippen LogP contribution >= 0.6 is 23.1 Å². The summed E-state index contributed by atoms with van der Waals surface area (Å²) in [6.07, 6.45) is 1.05. The Balaban J connectivity index is 1.40. The molecule has 2 aliphatic rings. The third kappa shape index (κ3) is 6.53. The number of amidine groups is 2. The summed E-state index contributed by atoms with van der Waals surface area (Å²) in [5.74, 6) is 3.25. The van der Waals surface area contributed by atoms with Gasteiger partial charge in [0.15, 0.2) is 11.7 Å². The van der Waals surface area contributed by atoms with Gasteiger partial charge in [0.05, 0.1) is 5.69 Å². The maximum absolute atomic E-state index is 11.8. The van der Waals surface area contributed by atoms with Crippen molar-refractivity contribution in [1.29, 1.82) is 0 Å². The molecule has 8 nitrogen and oxygen atoms in total. The Morgan fingerprint density at radius 1 is 1.37 bits per heavy atom. The first-order chi connectivity index (χ1) is 13.1. The average molecular weight is 430 g/mol. The van der Waals surface area contributed by atoms with Crippen LogP contribution in [0.4, 0.5) is 0 Å². The van der Waals surface area contributed by atoms with Crippen LogP contribution in [0.25, 0.3) is 0 Å². The van der Waals surface area contributed by atoms with E-state index in [1.165, 1.54) is 0 Å². The molecule has 2 aliphatic heterocycles. The first-order valence-electron chi connectivity index (χ1n) is 9.07. The number of nitrogens with zero attached hydrogens (tertiary/aromatic N) is 5. The molecule has 2 N–H and O–H groups in total. The Kier molecular flexibility index (Phi) is 8.07. The van der Waals surface area contributed by atoms with Crippen molar-refractivity contribution in [1.82, 2.24) is 25.4 Å². The molecule has 1 unspecified atom stereocenters. The number of hydrogen-bond acceptors (Lipinski definition) is 8. The second-order valence-electron chi connectivity index (χ2n) is 6.63. The average Bonchev–Trinajstić information content (AvgIpc) is 3.10. The number of thioether (sulfide) groups is 1. The summed E-state index contributed by atoms with van der Waals surface area (Å²) in [7, 11) is 4.11. The van der Waals surface area contributed by atoms with E-state index >= 15 is 0 Å². The van der Waals surface area contributed by atoms with Gasteiger partial charge in [-0.1, -0.05) is 0 Å². The fourth-order valence-electron chi connectivity index (χ4n) is 2.81. The third-order valence-electron chi connectivity index (χ3n) is 4.02. The zero-order valence-electron chi connectivity index (χ0n) is 15.8. The normalized spacial score (nSPS) is 20.6. The minimum Gasteiger partial charge on any atom is -0.366 e. The molecular weight excluding hydrogens is 402 g/mol. The smallest absolute Gasteiger partial charge is 0.269 e. The van der Waals surface area contributed by atoms with Crippen LogP contribution in [-0.2, 0) is 23.5 Å². The van der Waals surface area contributed by atoms with Crippen molar-refractivity contribution in [2.75, 3.05) is 52.6 Å². The van der Waals surface area contributed by atoms with E-state index in [1.54, 1.807) is 11.3 Å². The summed E-state index contributed by atoms with van der Waals surface area (Å²) in [5.41, 5.74) is 1.14. The van der Waals surface area contributed by atoms with E-state index in [4.69, 9.17) is 0 Å². The van der Waals surface area contributed by atoms with Crippen LogP contribution in [0, 0.1) is 0 Å². The van der Waals surface area contributed by atoms with Crippen molar-refractivity contribution in [3.63, 3.8) is 0 Å². The van der Waals surface area contributed by atoms with Gasteiger partial charge in [0.2, 0.25) is 0 Å². The summed E-state index contributed by atoms with van der Waals surface area (Å²) < 4.78 is 20.1. The van der Waals surface area contributed by atoms with Gasteiger partial charge in [0.1, 0.15) is 5.01 Å². The van der Waals surface area contributed by atoms with E-state index in [-0.39, 0.29) is 0 Å². The molecule has 0 aliphatic carbocycles. The molecule has 0 saturated carbocycles. The van der Waals surface area contributed by atoms with Crippen LogP contribution in [0.1, 0.15) is 17.1 Å². The van der Waals surface area contributed by atoms with Gasteiger partial charge >= 0.3 is 0 Å². The molecule has 11 heteroatoms. The first kappa shape index (κ1) is 20.7. The molecule has 0 amide bonds. The maximum atomic E-state index is 11.8. The van der Waals surface area contributed by atoms with E-state index < -0.39 is 11.2 Å². The van der Waals surface area contributed by atoms with Crippen LogP contribution in [-0.4, -0.2) is 83.2 Å². The topological polar surface area (TPSA) is 85.2 Å². The minimum absolute atomic E-state index is 0.665. The monoisotopic (exact) mass is 429 g/mol. The summed E-state index contributed by atoms with van der Waals surface area (Å²) in [4.78, 5) is 8.96. The van der Waals surface area contributed by atoms with Gasteiger partial charge in [-0.25, -0.2) is 9.19 Å². The standard InChI is InChI=1S/C16H27N7OS3/c1-22(2)10-14-19-13(12-26-14)11-25-9-6-18-15-16(21-27(24)20-15)23-7-3-4-17-5-8-23/h12,17H,3-11H2,1-2H3,(H,18,20). The maximum Gasteiger partial charge on any atom is 0.269 e. The summed E-state index contributed by atoms with van der Waals surface area (Å²) in [6.45, 7) is 5.36. The van der Waals surface area contributed by atoms with Gasteiger partial charge in [-0.2, -0.15) is 11.8 Å². The number of rotatable bonds is 7. The van der Waals surface area contributed by atoms with Gasteiger partial charge < -0.3 is 20.4 Å². The number of aromatic nitrogens is 1. The lowest BCUT2D eigenvalue weighted by atomic mass is 10.3. The van der Waals surface area contributed by atoms with Crippen LogP contribution in [0.5, 0.6) is 0 Å². The van der Waals surface area contributed by atoms with Crippen LogP contribution < -0.4 is 10.6 Å². The Morgan fingerprint density at radius 3 is 3.11 bits per heavy atom. The highest BCUT2D eigenvalue weighted by atomic mass is 32.2. The molecule has 0 bridgehead atoms. The first-order valence-corrected chi connectivity index (χ1v) is 12.2. The number of thiazole rings is 1. The summed E-state index contributed by atoms with van der Waals surface area (Å²) in [5, 5.41) is 9.98. The lowest BCUT2D eigenvalue weighted by molar-refractivity contribution is 0.401. The summed E-state index contributed by atoms with van der Waals surface area (Å²) >= 11 is 2.06. The van der Waals surface area contributed by atoms with Gasteiger partial charge in [-0.15, -0.1) is 20.1 Å². The Labute approximate surface area is 171 Å². The number of hydrogen-bond donors (Lipinski definition) is 2. The molecule has 0 aromatic carbocycles. The fraction of sp³-hybridized carbons (Fsp3) is 0.688. The van der Waals surface area contributed by atoms with Crippen molar-refractivity contribution < 1.29 is 4.21 Å². The molecule has 1 aromatic rings. The van der Waals surface area contributed by atoms with E-state index in [2.05, 4.69) is 53.7 Å². The van der Waals surface area contributed by atoms with Crippen molar-refractivity contribution in [2.45, 2.75) is 18.7 Å². The quantitative estimate of drug-likeness (QED) is 0.618. The van der Waals surface area contributed by atoms with Crippen molar-refractivity contribution in [3.05, 3.63) is 16.1 Å². The molecule has 1 atom stereocenters. The second-order valence-corrected chi connectivity index (χ2v) is 9.50. The molecule has 1 fully saturated rings. The molecule has 0 radical (unpaired) electrons. The minimum atomic E-state index is -1.50. The highest BCUT2D eigenvalue weighted by molar-refractivity contribution is 7.98. The number of nitrogens with one attached hydrogen (secondary N) is 2. The van der Waals surface area contributed by atoms with Crippen molar-refractivity contribution in [3.8, 4) is 0 Å². The SMILES string of the molecule is CN(C)Cc1nc(CSCCNC2=NS(=O)N=C2N2CCCNCC2)cs1. The van der Waals surface area contributed by atoms with E-state index in [1.807, 2.05) is 11.8 Å².